The van der Waals surface area contributed by atoms with Crippen LogP contribution < -0.4 is 0 Å². The number of hydrogen-bond acceptors (Lipinski definition) is 6. The van der Waals surface area contributed by atoms with Crippen molar-refractivity contribution in [2.45, 2.75) is 32.6 Å². The SMILES string of the molecule is CCc1cnccc1-c1noc(CC2CCCS(=O)(=O)C2)n1. The van der Waals surface area contributed by atoms with E-state index in [0.29, 0.717) is 23.9 Å². The van der Waals surface area contributed by atoms with Gasteiger partial charge in [-0.1, -0.05) is 12.1 Å². The van der Waals surface area contributed by atoms with Crippen molar-refractivity contribution in [1.29, 1.82) is 0 Å². The van der Waals surface area contributed by atoms with Crippen LogP contribution in [0.15, 0.2) is 23.0 Å². The summed E-state index contributed by atoms with van der Waals surface area (Å²) in [5, 5.41) is 4.03. The molecule has 0 N–H and O–H groups in total. The molecule has 1 saturated heterocycles. The topological polar surface area (TPSA) is 86.0 Å². The van der Waals surface area contributed by atoms with Crippen molar-refractivity contribution in [1.82, 2.24) is 15.1 Å². The summed E-state index contributed by atoms with van der Waals surface area (Å²) in [6.45, 7) is 2.05. The first-order chi connectivity index (χ1) is 10.6. The van der Waals surface area contributed by atoms with E-state index in [9.17, 15) is 8.42 Å². The van der Waals surface area contributed by atoms with Gasteiger partial charge in [-0.25, -0.2) is 8.42 Å². The van der Waals surface area contributed by atoms with Crippen LogP contribution in [-0.4, -0.2) is 35.0 Å². The molecule has 2 aromatic heterocycles. The maximum Gasteiger partial charge on any atom is 0.227 e. The molecule has 1 fully saturated rings. The minimum Gasteiger partial charge on any atom is -0.339 e. The van der Waals surface area contributed by atoms with Crippen LogP contribution in [0.1, 0.15) is 31.2 Å². The highest BCUT2D eigenvalue weighted by Gasteiger charge is 2.26. The highest BCUT2D eigenvalue weighted by atomic mass is 32.2. The molecule has 3 rings (SSSR count). The van der Waals surface area contributed by atoms with E-state index in [0.717, 1.165) is 30.4 Å². The van der Waals surface area contributed by atoms with E-state index in [4.69, 9.17) is 4.52 Å². The molecule has 0 amide bonds. The zero-order chi connectivity index (χ0) is 15.6. The fourth-order valence-electron chi connectivity index (χ4n) is 2.90. The minimum atomic E-state index is -2.91. The molecule has 7 heteroatoms. The zero-order valence-corrected chi connectivity index (χ0v) is 13.3. The van der Waals surface area contributed by atoms with Crippen LogP contribution >= 0.6 is 0 Å². The average molecular weight is 321 g/mol. The first-order valence-electron chi connectivity index (χ1n) is 7.53. The Hall–Kier alpha value is -1.76. The van der Waals surface area contributed by atoms with Crippen LogP contribution in [0.5, 0.6) is 0 Å². The smallest absolute Gasteiger partial charge is 0.227 e. The number of aryl methyl sites for hydroxylation is 1. The molecule has 22 heavy (non-hydrogen) atoms. The van der Waals surface area contributed by atoms with Gasteiger partial charge in [0.1, 0.15) is 0 Å². The fraction of sp³-hybridized carbons (Fsp3) is 0.533. The normalized spacial score (nSPS) is 20.9. The van der Waals surface area contributed by atoms with Crippen LogP contribution in [-0.2, 0) is 22.7 Å². The lowest BCUT2D eigenvalue weighted by molar-refractivity contribution is 0.350. The summed E-state index contributed by atoms with van der Waals surface area (Å²) in [4.78, 5) is 8.54. The minimum absolute atomic E-state index is 0.0788. The van der Waals surface area contributed by atoms with Gasteiger partial charge in [0.2, 0.25) is 11.7 Å². The number of rotatable bonds is 4. The van der Waals surface area contributed by atoms with E-state index in [1.165, 1.54) is 0 Å². The summed E-state index contributed by atoms with van der Waals surface area (Å²) in [6, 6.07) is 1.87. The Morgan fingerprint density at radius 1 is 1.41 bits per heavy atom. The Kier molecular flexibility index (Phi) is 4.24. The van der Waals surface area contributed by atoms with Gasteiger partial charge in [-0.3, -0.25) is 4.98 Å². The summed E-state index contributed by atoms with van der Waals surface area (Å²) >= 11 is 0. The molecule has 0 bridgehead atoms. The van der Waals surface area contributed by atoms with Gasteiger partial charge < -0.3 is 4.52 Å². The number of aromatic nitrogens is 3. The van der Waals surface area contributed by atoms with Gasteiger partial charge in [-0.15, -0.1) is 0 Å². The molecular weight excluding hydrogens is 302 g/mol. The summed E-state index contributed by atoms with van der Waals surface area (Å²) in [5.74, 6) is 1.66. The van der Waals surface area contributed by atoms with Crippen molar-refractivity contribution in [2.24, 2.45) is 5.92 Å². The summed E-state index contributed by atoms with van der Waals surface area (Å²) in [7, 11) is -2.91. The molecule has 118 valence electrons. The predicted octanol–water partition coefficient (Wildman–Crippen LogP) is 2.06. The molecule has 1 unspecified atom stereocenters. The van der Waals surface area contributed by atoms with E-state index in [1.807, 2.05) is 13.0 Å². The Bertz CT molecular complexity index is 755. The molecule has 0 aromatic carbocycles. The monoisotopic (exact) mass is 321 g/mol. The molecule has 0 radical (unpaired) electrons. The van der Waals surface area contributed by atoms with Crippen molar-refractivity contribution in [3.05, 3.63) is 29.9 Å². The number of nitrogens with zero attached hydrogens (tertiary/aromatic N) is 3. The number of pyridine rings is 1. The first-order valence-corrected chi connectivity index (χ1v) is 9.36. The lowest BCUT2D eigenvalue weighted by atomic mass is 10.0. The summed E-state index contributed by atoms with van der Waals surface area (Å²) in [5.41, 5.74) is 1.99. The Morgan fingerprint density at radius 3 is 3.05 bits per heavy atom. The van der Waals surface area contributed by atoms with Crippen molar-refractivity contribution in [3.63, 3.8) is 0 Å². The molecule has 1 aliphatic rings. The van der Waals surface area contributed by atoms with Crippen LogP contribution in [0.2, 0.25) is 0 Å². The molecule has 6 nitrogen and oxygen atoms in total. The second-order valence-corrected chi connectivity index (χ2v) is 7.95. The second kappa shape index (κ2) is 6.16. The van der Waals surface area contributed by atoms with Crippen LogP contribution in [0, 0.1) is 5.92 Å². The standard InChI is InChI=1S/C15H19N3O3S/c1-2-12-9-16-6-5-13(12)15-17-14(21-18-15)8-11-4-3-7-22(19,20)10-11/h5-6,9,11H,2-4,7-8,10H2,1H3. The van der Waals surface area contributed by atoms with Crippen molar-refractivity contribution in [3.8, 4) is 11.4 Å². The Balaban J connectivity index is 1.77. The van der Waals surface area contributed by atoms with E-state index >= 15 is 0 Å². The molecular formula is C15H19N3O3S. The quantitative estimate of drug-likeness (QED) is 0.857. The predicted molar refractivity (Wildman–Crippen MR) is 82.0 cm³/mol. The highest BCUT2D eigenvalue weighted by Crippen LogP contribution is 2.24. The maximum absolute atomic E-state index is 11.7. The zero-order valence-electron chi connectivity index (χ0n) is 12.5. The Labute approximate surface area is 129 Å². The number of sulfone groups is 1. The second-order valence-electron chi connectivity index (χ2n) is 5.72. The van der Waals surface area contributed by atoms with E-state index in [1.54, 1.807) is 12.4 Å². The lowest BCUT2D eigenvalue weighted by Crippen LogP contribution is -2.26. The fourth-order valence-corrected chi connectivity index (χ4v) is 4.68. The van der Waals surface area contributed by atoms with E-state index in [-0.39, 0.29) is 11.7 Å². The third-order valence-corrected chi connectivity index (χ3v) is 5.90. The number of hydrogen-bond donors (Lipinski definition) is 0. The van der Waals surface area contributed by atoms with Crippen LogP contribution in [0.4, 0.5) is 0 Å². The van der Waals surface area contributed by atoms with Gasteiger partial charge in [0.05, 0.1) is 11.5 Å². The Morgan fingerprint density at radius 2 is 2.27 bits per heavy atom. The molecule has 1 aliphatic heterocycles. The highest BCUT2D eigenvalue weighted by molar-refractivity contribution is 7.91. The largest absolute Gasteiger partial charge is 0.339 e. The maximum atomic E-state index is 11.7. The molecule has 0 aliphatic carbocycles. The van der Waals surface area contributed by atoms with Crippen molar-refractivity contribution >= 4 is 9.84 Å². The van der Waals surface area contributed by atoms with Gasteiger partial charge in [0.25, 0.3) is 0 Å². The molecule has 2 aromatic rings. The van der Waals surface area contributed by atoms with Crippen molar-refractivity contribution < 1.29 is 12.9 Å². The first kappa shape index (κ1) is 15.1. The molecule has 0 saturated carbocycles. The molecule has 0 spiro atoms. The van der Waals surface area contributed by atoms with Crippen molar-refractivity contribution in [2.75, 3.05) is 11.5 Å². The van der Waals surface area contributed by atoms with Gasteiger partial charge in [0.15, 0.2) is 9.84 Å². The van der Waals surface area contributed by atoms with E-state index in [2.05, 4.69) is 15.1 Å². The van der Waals surface area contributed by atoms with E-state index < -0.39 is 9.84 Å². The third-order valence-electron chi connectivity index (χ3n) is 4.01. The van der Waals surface area contributed by atoms with Gasteiger partial charge >= 0.3 is 0 Å². The van der Waals surface area contributed by atoms with Crippen LogP contribution in [0.25, 0.3) is 11.4 Å². The molecule has 1 atom stereocenters. The third kappa shape index (κ3) is 3.35. The van der Waals surface area contributed by atoms with Crippen LogP contribution in [0.3, 0.4) is 0 Å². The molecule has 3 heterocycles. The van der Waals surface area contributed by atoms with Gasteiger partial charge in [-0.05, 0) is 36.8 Å². The van der Waals surface area contributed by atoms with Gasteiger partial charge in [0, 0.05) is 24.4 Å². The average Bonchev–Trinajstić information content (AvgIpc) is 2.94. The summed E-state index contributed by atoms with van der Waals surface area (Å²) < 4.78 is 28.7. The van der Waals surface area contributed by atoms with Gasteiger partial charge in [-0.2, -0.15) is 4.98 Å². The summed E-state index contributed by atoms with van der Waals surface area (Å²) in [6.07, 6.45) is 6.49. The lowest BCUT2D eigenvalue weighted by Gasteiger charge is -2.19.